The molecule has 2 rings (SSSR count). The van der Waals surface area contributed by atoms with Gasteiger partial charge in [-0.3, -0.25) is 4.79 Å². The molecule has 21 heavy (non-hydrogen) atoms. The predicted octanol–water partition coefficient (Wildman–Crippen LogP) is 0.329. The maximum absolute atomic E-state index is 12.1. The molecule has 1 fully saturated rings. The van der Waals surface area contributed by atoms with Gasteiger partial charge >= 0.3 is 12.0 Å². The molecule has 112 valence electrons. The summed E-state index contributed by atoms with van der Waals surface area (Å²) in [4.78, 5) is 35.9. The SMILES string of the molecule is NC(=O)C1CCN(C(=O)N[C@@H](C(=O)O)c2ccccc2)C1. The first-order valence-corrected chi connectivity index (χ1v) is 6.61. The van der Waals surface area contributed by atoms with Crippen molar-refractivity contribution >= 4 is 17.9 Å². The van der Waals surface area contributed by atoms with Gasteiger partial charge in [-0.1, -0.05) is 30.3 Å². The molecule has 1 unspecified atom stereocenters. The molecule has 1 aliphatic heterocycles. The van der Waals surface area contributed by atoms with Gasteiger partial charge in [0.2, 0.25) is 5.91 Å². The molecule has 0 bridgehead atoms. The minimum atomic E-state index is -1.14. The Morgan fingerprint density at radius 2 is 1.95 bits per heavy atom. The van der Waals surface area contributed by atoms with Crippen LogP contribution in [0, 0.1) is 5.92 Å². The highest BCUT2D eigenvalue weighted by Gasteiger charge is 2.32. The van der Waals surface area contributed by atoms with Crippen molar-refractivity contribution in [3.05, 3.63) is 35.9 Å². The van der Waals surface area contributed by atoms with Crippen LogP contribution in [-0.2, 0) is 9.59 Å². The number of nitrogens with two attached hydrogens (primary N) is 1. The third-order valence-corrected chi connectivity index (χ3v) is 3.53. The molecule has 1 heterocycles. The summed E-state index contributed by atoms with van der Waals surface area (Å²) in [6, 6.07) is 6.82. The summed E-state index contributed by atoms with van der Waals surface area (Å²) in [7, 11) is 0. The topological polar surface area (TPSA) is 113 Å². The Kier molecular flexibility index (Phi) is 4.42. The molecule has 7 heteroatoms. The second-order valence-corrected chi connectivity index (χ2v) is 4.97. The zero-order valence-electron chi connectivity index (χ0n) is 11.4. The van der Waals surface area contributed by atoms with Crippen molar-refractivity contribution in [1.29, 1.82) is 0 Å². The Labute approximate surface area is 121 Å². The average molecular weight is 291 g/mol. The van der Waals surface area contributed by atoms with Gasteiger partial charge in [0.25, 0.3) is 0 Å². The van der Waals surface area contributed by atoms with E-state index >= 15 is 0 Å². The largest absolute Gasteiger partial charge is 0.479 e. The molecular formula is C14H17N3O4. The molecule has 0 saturated carbocycles. The number of carbonyl (C=O) groups is 3. The van der Waals surface area contributed by atoms with Gasteiger partial charge in [0.15, 0.2) is 6.04 Å². The Morgan fingerprint density at radius 3 is 2.48 bits per heavy atom. The minimum Gasteiger partial charge on any atom is -0.479 e. The summed E-state index contributed by atoms with van der Waals surface area (Å²) in [5, 5.41) is 11.7. The van der Waals surface area contributed by atoms with E-state index in [0.29, 0.717) is 18.5 Å². The highest BCUT2D eigenvalue weighted by molar-refractivity contribution is 5.85. The number of likely N-dealkylation sites (tertiary alicyclic amines) is 1. The number of nitrogens with one attached hydrogen (secondary N) is 1. The normalized spacial score (nSPS) is 19.0. The highest BCUT2D eigenvalue weighted by Crippen LogP contribution is 2.18. The Morgan fingerprint density at radius 1 is 1.29 bits per heavy atom. The lowest BCUT2D eigenvalue weighted by Gasteiger charge is -2.21. The summed E-state index contributed by atoms with van der Waals surface area (Å²) < 4.78 is 0. The van der Waals surface area contributed by atoms with E-state index in [1.807, 2.05) is 0 Å². The summed E-state index contributed by atoms with van der Waals surface area (Å²) >= 11 is 0. The third-order valence-electron chi connectivity index (χ3n) is 3.53. The molecule has 1 aromatic carbocycles. The molecule has 0 radical (unpaired) electrons. The molecular weight excluding hydrogens is 274 g/mol. The number of hydrogen-bond acceptors (Lipinski definition) is 3. The van der Waals surface area contributed by atoms with E-state index < -0.39 is 23.9 Å². The lowest BCUT2D eigenvalue weighted by atomic mass is 10.1. The van der Waals surface area contributed by atoms with Crippen molar-refractivity contribution in [1.82, 2.24) is 10.2 Å². The number of carbonyl (C=O) groups excluding carboxylic acids is 2. The van der Waals surface area contributed by atoms with Crippen LogP contribution in [0.4, 0.5) is 4.79 Å². The Balaban J connectivity index is 2.03. The highest BCUT2D eigenvalue weighted by atomic mass is 16.4. The number of carboxylic acid groups (broad SMARTS) is 1. The van der Waals surface area contributed by atoms with Crippen LogP contribution in [0.1, 0.15) is 18.0 Å². The van der Waals surface area contributed by atoms with E-state index in [1.54, 1.807) is 30.3 Å². The molecule has 2 atom stereocenters. The van der Waals surface area contributed by atoms with Gasteiger partial charge in [-0.05, 0) is 12.0 Å². The van der Waals surface area contributed by atoms with Crippen molar-refractivity contribution in [2.24, 2.45) is 11.7 Å². The second-order valence-electron chi connectivity index (χ2n) is 4.97. The maximum atomic E-state index is 12.1. The minimum absolute atomic E-state index is 0.224. The number of amides is 3. The van der Waals surface area contributed by atoms with E-state index in [2.05, 4.69) is 5.32 Å². The van der Waals surface area contributed by atoms with Gasteiger partial charge in [0.1, 0.15) is 0 Å². The van der Waals surface area contributed by atoms with Crippen molar-refractivity contribution < 1.29 is 19.5 Å². The number of urea groups is 1. The van der Waals surface area contributed by atoms with Crippen LogP contribution in [-0.4, -0.2) is 41.0 Å². The van der Waals surface area contributed by atoms with Crippen molar-refractivity contribution in [2.45, 2.75) is 12.5 Å². The fourth-order valence-electron chi connectivity index (χ4n) is 2.32. The third kappa shape index (κ3) is 3.50. The molecule has 1 saturated heterocycles. The fourth-order valence-corrected chi connectivity index (χ4v) is 2.32. The van der Waals surface area contributed by atoms with Crippen molar-refractivity contribution in [2.75, 3.05) is 13.1 Å². The average Bonchev–Trinajstić information content (AvgIpc) is 2.95. The first kappa shape index (κ1) is 14.8. The van der Waals surface area contributed by atoms with Gasteiger partial charge in [-0.25, -0.2) is 9.59 Å². The van der Waals surface area contributed by atoms with Gasteiger partial charge in [0.05, 0.1) is 5.92 Å². The number of rotatable bonds is 4. The first-order valence-electron chi connectivity index (χ1n) is 6.61. The standard InChI is InChI=1S/C14H17N3O4/c15-12(18)10-6-7-17(8-10)14(21)16-11(13(19)20)9-4-2-1-3-5-9/h1-5,10-11H,6-8H2,(H2,15,18)(H,16,21)(H,19,20)/t10?,11-/m1/s1. The number of hydrogen-bond donors (Lipinski definition) is 3. The van der Waals surface area contributed by atoms with Gasteiger partial charge in [-0.15, -0.1) is 0 Å². The van der Waals surface area contributed by atoms with Crippen LogP contribution in [0.3, 0.4) is 0 Å². The van der Waals surface area contributed by atoms with Crippen LogP contribution in [0.25, 0.3) is 0 Å². The maximum Gasteiger partial charge on any atom is 0.330 e. The Bertz CT molecular complexity index is 546. The van der Waals surface area contributed by atoms with Crippen LogP contribution >= 0.6 is 0 Å². The van der Waals surface area contributed by atoms with Crippen LogP contribution in [0.2, 0.25) is 0 Å². The molecule has 0 spiro atoms. The van der Waals surface area contributed by atoms with Crippen LogP contribution in [0.5, 0.6) is 0 Å². The van der Waals surface area contributed by atoms with Crippen molar-refractivity contribution in [3.63, 3.8) is 0 Å². The number of primary amides is 1. The van der Waals surface area contributed by atoms with E-state index in [0.717, 1.165) is 0 Å². The summed E-state index contributed by atoms with van der Waals surface area (Å²) in [6.07, 6.45) is 0.506. The fraction of sp³-hybridized carbons (Fsp3) is 0.357. The molecule has 3 amide bonds. The van der Waals surface area contributed by atoms with E-state index in [4.69, 9.17) is 5.73 Å². The molecule has 1 aromatic rings. The number of carboxylic acids is 1. The van der Waals surface area contributed by atoms with Crippen LogP contribution < -0.4 is 11.1 Å². The number of aliphatic carboxylic acids is 1. The van der Waals surface area contributed by atoms with Gasteiger partial charge in [-0.2, -0.15) is 0 Å². The van der Waals surface area contributed by atoms with E-state index in [-0.39, 0.29) is 12.5 Å². The number of nitrogens with zero attached hydrogens (tertiary/aromatic N) is 1. The summed E-state index contributed by atoms with van der Waals surface area (Å²) in [6.45, 7) is 0.614. The molecule has 1 aliphatic rings. The van der Waals surface area contributed by atoms with Gasteiger partial charge < -0.3 is 21.1 Å². The monoisotopic (exact) mass is 291 g/mol. The summed E-state index contributed by atoms with van der Waals surface area (Å²) in [5.41, 5.74) is 5.70. The molecule has 0 aliphatic carbocycles. The first-order chi connectivity index (χ1) is 9.99. The zero-order valence-corrected chi connectivity index (χ0v) is 11.4. The predicted molar refractivity (Wildman–Crippen MR) is 74.2 cm³/mol. The quantitative estimate of drug-likeness (QED) is 0.741. The Hall–Kier alpha value is -2.57. The molecule has 7 nitrogen and oxygen atoms in total. The lowest BCUT2D eigenvalue weighted by Crippen LogP contribution is -2.43. The zero-order chi connectivity index (χ0) is 15.4. The number of benzene rings is 1. The van der Waals surface area contributed by atoms with Crippen molar-refractivity contribution in [3.8, 4) is 0 Å². The molecule has 4 N–H and O–H groups in total. The second kappa shape index (κ2) is 6.25. The lowest BCUT2D eigenvalue weighted by molar-refractivity contribution is -0.139. The van der Waals surface area contributed by atoms with Crippen LogP contribution in [0.15, 0.2) is 30.3 Å². The molecule has 0 aromatic heterocycles. The van der Waals surface area contributed by atoms with E-state index in [9.17, 15) is 19.5 Å². The summed E-state index contributed by atoms with van der Waals surface area (Å²) in [5.74, 6) is -1.95. The van der Waals surface area contributed by atoms with Gasteiger partial charge in [0, 0.05) is 13.1 Å². The smallest absolute Gasteiger partial charge is 0.330 e. The van der Waals surface area contributed by atoms with E-state index in [1.165, 1.54) is 4.90 Å².